The van der Waals surface area contributed by atoms with Gasteiger partial charge in [0.05, 0.1) is 12.8 Å². The van der Waals surface area contributed by atoms with Crippen LogP contribution in [0.2, 0.25) is 0 Å². The van der Waals surface area contributed by atoms with Crippen molar-refractivity contribution in [3.8, 4) is 5.75 Å². The van der Waals surface area contributed by atoms with E-state index < -0.39 is 0 Å². The maximum atomic E-state index is 12.2. The van der Waals surface area contributed by atoms with Gasteiger partial charge in [-0.25, -0.2) is 0 Å². The number of ether oxygens (including phenoxy) is 1. The summed E-state index contributed by atoms with van der Waals surface area (Å²) in [5.74, 6) is 1.59. The lowest BCUT2D eigenvalue weighted by Gasteiger charge is -2.11. The Labute approximate surface area is 186 Å². The highest BCUT2D eigenvalue weighted by Crippen LogP contribution is 2.30. The molecule has 4 nitrogen and oxygen atoms in total. The van der Waals surface area contributed by atoms with Crippen molar-refractivity contribution >= 4 is 41.0 Å². The van der Waals surface area contributed by atoms with Gasteiger partial charge in [0.1, 0.15) is 5.75 Å². The first-order valence-corrected chi connectivity index (χ1v) is 11.5. The van der Waals surface area contributed by atoms with Crippen LogP contribution in [0.25, 0.3) is 0 Å². The summed E-state index contributed by atoms with van der Waals surface area (Å²) in [5, 5.41) is 2.96. The summed E-state index contributed by atoms with van der Waals surface area (Å²) in [7, 11) is 1.66. The Hall–Kier alpha value is -2.57. The highest BCUT2D eigenvalue weighted by Gasteiger charge is 2.06. The lowest BCUT2D eigenvalue weighted by Crippen LogP contribution is -2.12. The van der Waals surface area contributed by atoms with Crippen LogP contribution < -0.4 is 14.8 Å². The predicted octanol–water partition coefficient (Wildman–Crippen LogP) is 6.55. The van der Waals surface area contributed by atoms with Crippen molar-refractivity contribution in [3.05, 3.63) is 77.9 Å². The molecule has 0 fully saturated rings. The van der Waals surface area contributed by atoms with Gasteiger partial charge in [-0.15, -0.1) is 11.8 Å². The van der Waals surface area contributed by atoms with E-state index in [4.69, 9.17) is 4.74 Å². The Morgan fingerprint density at radius 2 is 1.57 bits per heavy atom. The number of anilines is 2. The summed E-state index contributed by atoms with van der Waals surface area (Å²) in [6, 6.07) is 22.2. The number of carbonyl (C=O) groups excluding carboxylic acids is 1. The van der Waals surface area contributed by atoms with E-state index in [-0.39, 0.29) is 5.91 Å². The van der Waals surface area contributed by atoms with Crippen molar-refractivity contribution in [2.45, 2.75) is 30.1 Å². The Morgan fingerprint density at radius 1 is 0.900 bits per heavy atom. The molecule has 0 aliphatic carbocycles. The molecule has 0 saturated carbocycles. The average Bonchev–Trinajstić information content (AvgIpc) is 2.75. The van der Waals surface area contributed by atoms with Crippen molar-refractivity contribution in [2.75, 3.05) is 22.9 Å². The molecule has 0 saturated heterocycles. The minimum atomic E-state index is 0.0256. The van der Waals surface area contributed by atoms with Crippen molar-refractivity contribution < 1.29 is 9.53 Å². The van der Waals surface area contributed by atoms with E-state index in [0.29, 0.717) is 6.42 Å². The SMILES string of the molecule is COc1ccc(C)cc1NSc1ccc(NC(=O)CCSc2ccc(C)cc2)cc1. The third-order valence-electron chi connectivity index (χ3n) is 4.39. The Bertz CT molecular complexity index is 974. The molecule has 0 aliphatic heterocycles. The van der Waals surface area contributed by atoms with Crippen molar-refractivity contribution in [2.24, 2.45) is 0 Å². The van der Waals surface area contributed by atoms with Crippen LogP contribution >= 0.6 is 23.7 Å². The molecule has 0 radical (unpaired) electrons. The van der Waals surface area contributed by atoms with E-state index in [0.717, 1.165) is 33.3 Å². The molecule has 30 heavy (non-hydrogen) atoms. The number of carbonyl (C=O) groups is 1. The number of aryl methyl sites for hydroxylation is 2. The summed E-state index contributed by atoms with van der Waals surface area (Å²) in [5.41, 5.74) is 4.15. The monoisotopic (exact) mass is 438 g/mol. The lowest BCUT2D eigenvalue weighted by atomic mass is 10.2. The van der Waals surface area contributed by atoms with Gasteiger partial charge in [-0.05, 0) is 79.9 Å². The fraction of sp³-hybridized carbons (Fsp3) is 0.208. The van der Waals surface area contributed by atoms with Gasteiger partial charge in [0.2, 0.25) is 5.91 Å². The molecule has 3 aromatic rings. The fourth-order valence-corrected chi connectivity index (χ4v) is 4.25. The van der Waals surface area contributed by atoms with Crippen LogP contribution in [0.4, 0.5) is 11.4 Å². The number of benzene rings is 3. The molecule has 156 valence electrons. The second kappa shape index (κ2) is 11.0. The average molecular weight is 439 g/mol. The molecule has 0 heterocycles. The molecular formula is C24H26N2O2S2. The minimum absolute atomic E-state index is 0.0256. The third kappa shape index (κ3) is 6.75. The van der Waals surface area contributed by atoms with E-state index in [2.05, 4.69) is 47.3 Å². The van der Waals surface area contributed by atoms with Gasteiger partial charge < -0.3 is 14.8 Å². The largest absolute Gasteiger partial charge is 0.495 e. The molecule has 1 amide bonds. The van der Waals surface area contributed by atoms with Gasteiger partial charge in [0.15, 0.2) is 0 Å². The molecule has 0 aromatic heterocycles. The van der Waals surface area contributed by atoms with Crippen molar-refractivity contribution in [3.63, 3.8) is 0 Å². The maximum Gasteiger partial charge on any atom is 0.225 e. The third-order valence-corrected chi connectivity index (χ3v) is 6.23. The standard InChI is InChI=1S/C24H26N2O2S2/c1-17-4-9-20(10-5-17)29-15-14-24(27)25-19-7-11-21(12-8-19)30-26-22-16-18(2)6-13-23(22)28-3/h4-13,16,26H,14-15H2,1-3H3,(H,25,27). The first-order valence-electron chi connectivity index (χ1n) is 9.70. The zero-order chi connectivity index (χ0) is 21.3. The normalized spacial score (nSPS) is 10.5. The van der Waals surface area contributed by atoms with E-state index in [9.17, 15) is 4.79 Å². The molecule has 3 aromatic carbocycles. The molecule has 6 heteroatoms. The highest BCUT2D eigenvalue weighted by atomic mass is 32.2. The second-order valence-corrected chi connectivity index (χ2v) is 8.94. The van der Waals surface area contributed by atoms with Crippen LogP contribution in [-0.4, -0.2) is 18.8 Å². The number of rotatable bonds is 9. The lowest BCUT2D eigenvalue weighted by molar-refractivity contribution is -0.115. The fourth-order valence-electron chi connectivity index (χ4n) is 2.74. The molecule has 2 N–H and O–H groups in total. The quantitative estimate of drug-likeness (QED) is 0.293. The summed E-state index contributed by atoms with van der Waals surface area (Å²) >= 11 is 3.20. The van der Waals surface area contributed by atoms with E-state index >= 15 is 0 Å². The molecule has 3 rings (SSSR count). The van der Waals surface area contributed by atoms with Crippen molar-refractivity contribution in [1.29, 1.82) is 0 Å². The van der Waals surface area contributed by atoms with Gasteiger partial charge in [0, 0.05) is 27.7 Å². The first-order chi connectivity index (χ1) is 14.5. The summed E-state index contributed by atoms with van der Waals surface area (Å²) in [6.45, 7) is 4.12. The highest BCUT2D eigenvalue weighted by molar-refractivity contribution is 8.00. The zero-order valence-corrected chi connectivity index (χ0v) is 19.0. The molecule has 0 bridgehead atoms. The smallest absolute Gasteiger partial charge is 0.225 e. The van der Waals surface area contributed by atoms with Crippen LogP contribution in [0.1, 0.15) is 17.5 Å². The number of thioether (sulfide) groups is 1. The van der Waals surface area contributed by atoms with Gasteiger partial charge >= 0.3 is 0 Å². The number of methoxy groups -OCH3 is 1. The first kappa shape index (κ1) is 22.1. The Morgan fingerprint density at radius 3 is 2.27 bits per heavy atom. The molecule has 0 unspecified atom stereocenters. The molecular weight excluding hydrogens is 412 g/mol. The van der Waals surface area contributed by atoms with Crippen molar-refractivity contribution in [1.82, 2.24) is 0 Å². The number of nitrogens with one attached hydrogen (secondary N) is 2. The minimum Gasteiger partial charge on any atom is -0.495 e. The Balaban J connectivity index is 1.45. The number of hydrogen-bond donors (Lipinski definition) is 2. The zero-order valence-electron chi connectivity index (χ0n) is 17.4. The van der Waals surface area contributed by atoms with E-state index in [1.165, 1.54) is 22.4 Å². The molecule has 0 aliphatic rings. The van der Waals surface area contributed by atoms with Gasteiger partial charge in [-0.3, -0.25) is 4.79 Å². The van der Waals surface area contributed by atoms with E-state index in [1.807, 2.05) is 43.3 Å². The topological polar surface area (TPSA) is 50.4 Å². The maximum absolute atomic E-state index is 12.2. The van der Waals surface area contributed by atoms with Gasteiger partial charge in [-0.2, -0.15) is 0 Å². The van der Waals surface area contributed by atoms with Crippen LogP contribution in [0.15, 0.2) is 76.5 Å². The summed E-state index contributed by atoms with van der Waals surface area (Å²) in [4.78, 5) is 14.4. The van der Waals surface area contributed by atoms with Crippen LogP contribution in [0.3, 0.4) is 0 Å². The van der Waals surface area contributed by atoms with Gasteiger partial charge in [0.25, 0.3) is 0 Å². The second-order valence-electron chi connectivity index (χ2n) is 6.89. The van der Waals surface area contributed by atoms with Crippen LogP contribution in [0, 0.1) is 13.8 Å². The van der Waals surface area contributed by atoms with Gasteiger partial charge in [-0.1, -0.05) is 23.8 Å². The summed E-state index contributed by atoms with van der Waals surface area (Å²) < 4.78 is 8.72. The predicted molar refractivity (Wildman–Crippen MR) is 129 cm³/mol. The van der Waals surface area contributed by atoms with E-state index in [1.54, 1.807) is 18.9 Å². The summed E-state index contributed by atoms with van der Waals surface area (Å²) in [6.07, 6.45) is 0.476. The number of hydrogen-bond acceptors (Lipinski definition) is 5. The van der Waals surface area contributed by atoms with Crippen LogP contribution in [-0.2, 0) is 4.79 Å². The molecule has 0 spiro atoms. The Kier molecular flexibility index (Phi) is 8.11. The molecule has 0 atom stereocenters. The van der Waals surface area contributed by atoms with Crippen LogP contribution in [0.5, 0.6) is 5.75 Å². The number of amides is 1.